The van der Waals surface area contributed by atoms with Crippen LogP contribution >= 0.6 is 34.4 Å². The van der Waals surface area contributed by atoms with Gasteiger partial charge >= 0.3 is 0 Å². The van der Waals surface area contributed by atoms with Crippen LogP contribution in [0.4, 0.5) is 0 Å². The summed E-state index contributed by atoms with van der Waals surface area (Å²) in [4.78, 5) is 1.39. The molecule has 0 aliphatic heterocycles. The Morgan fingerprint density at radius 2 is 1.91 bits per heavy atom. The maximum atomic E-state index is 2.42. The number of alkyl halides is 1. The summed E-state index contributed by atoms with van der Waals surface area (Å²) in [5, 5.41) is 0. The molecule has 0 unspecified atom stereocenters. The van der Waals surface area contributed by atoms with E-state index < -0.39 is 0 Å². The van der Waals surface area contributed by atoms with E-state index in [1.165, 1.54) is 21.5 Å². The van der Waals surface area contributed by atoms with Crippen molar-refractivity contribution in [3.8, 4) is 0 Å². The Hall–Kier alpha value is 0.300. The SMILES string of the molecule is ICCCSc1ccccc1. The summed E-state index contributed by atoms with van der Waals surface area (Å²) in [6.45, 7) is 0. The van der Waals surface area contributed by atoms with E-state index in [9.17, 15) is 0 Å². The fraction of sp³-hybridized carbons (Fsp3) is 0.333. The molecule has 0 spiro atoms. The quantitative estimate of drug-likeness (QED) is 0.351. The summed E-state index contributed by atoms with van der Waals surface area (Å²) in [7, 11) is 0. The largest absolute Gasteiger partial charge is 0.126 e. The second kappa shape index (κ2) is 5.89. The molecule has 0 saturated heterocycles. The van der Waals surface area contributed by atoms with Crippen molar-refractivity contribution >= 4 is 34.4 Å². The summed E-state index contributed by atoms with van der Waals surface area (Å²) >= 11 is 4.36. The summed E-state index contributed by atoms with van der Waals surface area (Å²) in [5.74, 6) is 1.24. The van der Waals surface area contributed by atoms with Crippen molar-refractivity contribution in [1.29, 1.82) is 0 Å². The fourth-order valence-electron chi connectivity index (χ4n) is 0.761. The van der Waals surface area contributed by atoms with E-state index in [0.29, 0.717) is 0 Å². The zero-order valence-corrected chi connectivity index (χ0v) is 9.27. The van der Waals surface area contributed by atoms with Gasteiger partial charge in [0.05, 0.1) is 0 Å². The smallest absolute Gasteiger partial charge is 0.00719 e. The topological polar surface area (TPSA) is 0 Å². The average molecular weight is 278 g/mol. The number of hydrogen-bond acceptors (Lipinski definition) is 1. The normalized spacial score (nSPS) is 9.91. The van der Waals surface area contributed by atoms with Gasteiger partial charge in [-0.3, -0.25) is 0 Å². The van der Waals surface area contributed by atoms with Gasteiger partial charge in [0.15, 0.2) is 0 Å². The van der Waals surface area contributed by atoms with Crippen LogP contribution in [-0.4, -0.2) is 10.2 Å². The van der Waals surface area contributed by atoms with Gasteiger partial charge in [0.1, 0.15) is 0 Å². The molecule has 0 bridgehead atoms. The first-order chi connectivity index (χ1) is 5.43. The predicted molar refractivity (Wildman–Crippen MR) is 60.7 cm³/mol. The first kappa shape index (κ1) is 9.39. The third-order valence-electron chi connectivity index (χ3n) is 1.29. The number of thioether (sulfide) groups is 1. The molecular weight excluding hydrogens is 267 g/mol. The molecule has 0 heterocycles. The Balaban J connectivity index is 2.28. The van der Waals surface area contributed by atoms with Crippen LogP contribution in [0.3, 0.4) is 0 Å². The summed E-state index contributed by atoms with van der Waals surface area (Å²) < 4.78 is 1.26. The Kier molecular flexibility index (Phi) is 5.03. The van der Waals surface area contributed by atoms with Gasteiger partial charge in [-0.1, -0.05) is 40.8 Å². The minimum Gasteiger partial charge on any atom is -0.126 e. The Labute approximate surface area is 85.9 Å². The van der Waals surface area contributed by atoms with E-state index in [-0.39, 0.29) is 0 Å². The molecular formula is C9H11IS. The first-order valence-corrected chi connectivity index (χ1v) is 6.18. The minimum absolute atomic E-state index is 1.24. The minimum atomic E-state index is 1.24. The molecule has 0 aliphatic carbocycles. The third-order valence-corrected chi connectivity index (χ3v) is 3.15. The molecule has 60 valence electrons. The Morgan fingerprint density at radius 3 is 2.55 bits per heavy atom. The molecule has 1 aromatic rings. The van der Waals surface area contributed by atoms with Gasteiger partial charge in [-0.2, -0.15) is 0 Å². The van der Waals surface area contributed by atoms with Gasteiger partial charge in [-0.15, -0.1) is 11.8 Å². The number of hydrogen-bond donors (Lipinski definition) is 0. The highest BCUT2D eigenvalue weighted by atomic mass is 127. The van der Waals surface area contributed by atoms with E-state index >= 15 is 0 Å². The lowest BCUT2D eigenvalue weighted by Gasteiger charge is -1.97. The Morgan fingerprint density at radius 1 is 1.18 bits per heavy atom. The molecule has 0 nitrogen and oxygen atoms in total. The van der Waals surface area contributed by atoms with E-state index in [1.807, 2.05) is 11.8 Å². The number of halogens is 1. The van der Waals surface area contributed by atoms with Crippen molar-refractivity contribution < 1.29 is 0 Å². The van der Waals surface area contributed by atoms with E-state index in [2.05, 4.69) is 52.9 Å². The fourth-order valence-corrected chi connectivity index (χ4v) is 2.53. The van der Waals surface area contributed by atoms with Crippen molar-refractivity contribution in [2.75, 3.05) is 10.2 Å². The van der Waals surface area contributed by atoms with Crippen molar-refractivity contribution in [2.45, 2.75) is 11.3 Å². The molecule has 0 aromatic heterocycles. The third kappa shape index (κ3) is 4.01. The van der Waals surface area contributed by atoms with Gasteiger partial charge in [-0.25, -0.2) is 0 Å². The van der Waals surface area contributed by atoms with Crippen LogP contribution in [-0.2, 0) is 0 Å². The van der Waals surface area contributed by atoms with Gasteiger partial charge in [0.25, 0.3) is 0 Å². The van der Waals surface area contributed by atoms with E-state index in [0.717, 1.165) is 0 Å². The van der Waals surface area contributed by atoms with E-state index in [1.54, 1.807) is 0 Å². The predicted octanol–water partition coefficient (Wildman–Crippen LogP) is 3.60. The molecule has 0 fully saturated rings. The van der Waals surface area contributed by atoms with Gasteiger partial charge in [-0.05, 0) is 24.3 Å². The molecule has 0 amide bonds. The highest BCUT2D eigenvalue weighted by Gasteiger charge is 1.89. The van der Waals surface area contributed by atoms with Crippen molar-refractivity contribution in [3.63, 3.8) is 0 Å². The molecule has 1 rings (SSSR count). The van der Waals surface area contributed by atoms with Crippen LogP contribution in [0.15, 0.2) is 35.2 Å². The maximum absolute atomic E-state index is 2.42. The molecule has 11 heavy (non-hydrogen) atoms. The molecule has 2 heteroatoms. The number of benzene rings is 1. The maximum Gasteiger partial charge on any atom is 0.00719 e. The molecule has 1 aromatic carbocycles. The zero-order valence-electron chi connectivity index (χ0n) is 6.29. The standard InChI is InChI=1S/C9H11IS/c10-7-4-8-11-9-5-2-1-3-6-9/h1-3,5-6H,4,7-8H2. The second-order valence-electron chi connectivity index (χ2n) is 2.20. The zero-order chi connectivity index (χ0) is 7.94. The lowest BCUT2D eigenvalue weighted by atomic mass is 10.4. The molecule has 0 radical (unpaired) electrons. The van der Waals surface area contributed by atoms with Gasteiger partial charge in [0.2, 0.25) is 0 Å². The summed E-state index contributed by atoms with van der Waals surface area (Å²) in [5.41, 5.74) is 0. The summed E-state index contributed by atoms with van der Waals surface area (Å²) in [6, 6.07) is 10.6. The second-order valence-corrected chi connectivity index (χ2v) is 4.45. The van der Waals surface area contributed by atoms with Crippen molar-refractivity contribution in [3.05, 3.63) is 30.3 Å². The van der Waals surface area contributed by atoms with Crippen LogP contribution in [0, 0.1) is 0 Å². The molecule has 0 N–H and O–H groups in total. The van der Waals surface area contributed by atoms with Gasteiger partial charge < -0.3 is 0 Å². The van der Waals surface area contributed by atoms with Crippen LogP contribution in [0.1, 0.15) is 6.42 Å². The lowest BCUT2D eigenvalue weighted by Crippen LogP contribution is -1.79. The van der Waals surface area contributed by atoms with Crippen LogP contribution in [0.2, 0.25) is 0 Å². The number of rotatable bonds is 4. The molecule has 0 saturated carbocycles. The van der Waals surface area contributed by atoms with Crippen LogP contribution in [0.25, 0.3) is 0 Å². The average Bonchev–Trinajstić information content (AvgIpc) is 2.07. The molecule has 0 aliphatic rings. The van der Waals surface area contributed by atoms with Gasteiger partial charge in [0, 0.05) is 9.32 Å². The molecule has 0 atom stereocenters. The van der Waals surface area contributed by atoms with E-state index in [4.69, 9.17) is 0 Å². The first-order valence-electron chi connectivity index (χ1n) is 3.67. The van der Waals surface area contributed by atoms with Crippen molar-refractivity contribution in [1.82, 2.24) is 0 Å². The van der Waals surface area contributed by atoms with Crippen molar-refractivity contribution in [2.24, 2.45) is 0 Å². The summed E-state index contributed by atoms with van der Waals surface area (Å²) in [6.07, 6.45) is 1.31. The highest BCUT2D eigenvalue weighted by molar-refractivity contribution is 14.1. The van der Waals surface area contributed by atoms with Crippen LogP contribution in [0.5, 0.6) is 0 Å². The lowest BCUT2D eigenvalue weighted by molar-refractivity contribution is 1.14. The Bertz CT molecular complexity index is 186. The highest BCUT2D eigenvalue weighted by Crippen LogP contribution is 2.17. The monoisotopic (exact) mass is 278 g/mol. The van der Waals surface area contributed by atoms with Crippen LogP contribution < -0.4 is 0 Å².